The molecule has 10 rings (SSSR count). The molecule has 0 bridgehead atoms. The molecule has 0 saturated carbocycles. The number of anilines is 3. The fraction of sp³-hybridized carbons (Fsp3) is 0.0351. The van der Waals surface area contributed by atoms with Gasteiger partial charge < -0.3 is 14.0 Å². The Balaban J connectivity index is 1.18. The first kappa shape index (κ1) is 37.3. The van der Waals surface area contributed by atoms with Crippen molar-refractivity contribution < 1.29 is 0 Å². The third kappa shape index (κ3) is 6.20. The summed E-state index contributed by atoms with van der Waals surface area (Å²) in [7, 11) is 0. The second kappa shape index (κ2) is 15.7. The molecule has 0 N–H and O–H groups in total. The van der Waals surface area contributed by atoms with Gasteiger partial charge >= 0.3 is 0 Å². The van der Waals surface area contributed by atoms with Crippen molar-refractivity contribution in [2.24, 2.45) is 0 Å². The maximum absolute atomic E-state index is 4.86. The quantitative estimate of drug-likeness (QED) is 0.146. The van der Waals surface area contributed by atoms with Crippen LogP contribution in [0.4, 0.5) is 17.1 Å². The summed E-state index contributed by atoms with van der Waals surface area (Å²) in [6.45, 7) is 12.7. The van der Waals surface area contributed by atoms with Crippen LogP contribution >= 0.6 is 0 Å². The van der Waals surface area contributed by atoms with Gasteiger partial charge in [0.15, 0.2) is 0 Å². The van der Waals surface area contributed by atoms with Crippen molar-refractivity contribution in [1.82, 2.24) is 14.1 Å². The Morgan fingerprint density at radius 3 is 1.89 bits per heavy atom. The van der Waals surface area contributed by atoms with Crippen LogP contribution < -0.4 is 4.90 Å². The number of hydrogen-bond acceptors (Lipinski definition) is 2. The molecule has 3 aromatic heterocycles. The summed E-state index contributed by atoms with van der Waals surface area (Å²) < 4.78 is 4.70. The van der Waals surface area contributed by atoms with Crippen LogP contribution in [-0.4, -0.2) is 14.1 Å². The van der Waals surface area contributed by atoms with E-state index in [1.807, 2.05) is 24.5 Å². The van der Waals surface area contributed by atoms with E-state index in [-0.39, 0.29) is 0 Å². The molecule has 6 aromatic carbocycles. The Kier molecular flexibility index (Phi) is 9.59. The molecule has 61 heavy (non-hydrogen) atoms. The number of hydrogen-bond donors (Lipinski definition) is 0. The van der Waals surface area contributed by atoms with E-state index in [0.29, 0.717) is 0 Å². The topological polar surface area (TPSA) is 26.0 Å². The number of aromatic nitrogens is 3. The van der Waals surface area contributed by atoms with Crippen molar-refractivity contribution in [3.63, 3.8) is 0 Å². The molecule has 4 nitrogen and oxygen atoms in total. The Bertz CT molecular complexity index is 3190. The van der Waals surface area contributed by atoms with Crippen molar-refractivity contribution in [1.29, 1.82) is 0 Å². The van der Waals surface area contributed by atoms with E-state index in [4.69, 9.17) is 4.98 Å². The second-order valence-electron chi connectivity index (χ2n) is 15.2. The zero-order valence-corrected chi connectivity index (χ0v) is 34.3. The normalized spacial score (nSPS) is 12.1. The maximum atomic E-state index is 4.86. The first-order chi connectivity index (χ1) is 30.1. The summed E-state index contributed by atoms with van der Waals surface area (Å²) in [6.07, 6.45) is 16.5. The van der Waals surface area contributed by atoms with E-state index in [1.165, 1.54) is 10.9 Å². The summed E-state index contributed by atoms with van der Waals surface area (Å²) in [4.78, 5) is 7.28. The Morgan fingerprint density at radius 1 is 0.475 bits per heavy atom. The minimum atomic E-state index is 1.04. The van der Waals surface area contributed by atoms with Gasteiger partial charge in [-0.05, 0) is 97.8 Å². The number of nitrogens with zero attached hydrogens (tertiary/aromatic N) is 4. The van der Waals surface area contributed by atoms with Gasteiger partial charge in [0.05, 0.1) is 34.0 Å². The smallest absolute Gasteiger partial charge is 0.0641 e. The summed E-state index contributed by atoms with van der Waals surface area (Å²) in [5.74, 6) is 0. The average Bonchev–Trinajstić information content (AvgIpc) is 3.77. The van der Waals surface area contributed by atoms with E-state index in [0.717, 1.165) is 95.5 Å². The van der Waals surface area contributed by atoms with E-state index in [2.05, 4.69) is 223 Å². The highest BCUT2D eigenvalue weighted by Gasteiger charge is 2.33. The third-order valence-corrected chi connectivity index (χ3v) is 11.7. The molecule has 9 aromatic rings. The Hall–Kier alpha value is -7.95. The van der Waals surface area contributed by atoms with Gasteiger partial charge in [-0.3, -0.25) is 4.98 Å². The van der Waals surface area contributed by atoms with Crippen LogP contribution in [0.3, 0.4) is 0 Å². The van der Waals surface area contributed by atoms with Crippen LogP contribution in [0.25, 0.3) is 91.2 Å². The lowest BCUT2D eigenvalue weighted by molar-refractivity contribution is 1.07. The van der Waals surface area contributed by atoms with E-state index in [1.54, 1.807) is 0 Å². The molecule has 0 spiro atoms. The number of benzene rings is 6. The molecule has 0 saturated heterocycles. The van der Waals surface area contributed by atoms with Gasteiger partial charge in [0.2, 0.25) is 0 Å². The molecule has 4 heteroatoms. The lowest BCUT2D eigenvalue weighted by Gasteiger charge is -2.28. The molecular formula is C57H44N4. The van der Waals surface area contributed by atoms with Crippen molar-refractivity contribution in [3.8, 4) is 56.0 Å². The van der Waals surface area contributed by atoms with Crippen molar-refractivity contribution in [2.45, 2.75) is 13.8 Å². The van der Waals surface area contributed by atoms with Gasteiger partial charge in [-0.25, -0.2) is 0 Å². The van der Waals surface area contributed by atoms with Crippen LogP contribution in [0.5, 0.6) is 0 Å². The van der Waals surface area contributed by atoms with Crippen molar-refractivity contribution >= 4 is 52.3 Å². The van der Waals surface area contributed by atoms with Gasteiger partial charge in [0.25, 0.3) is 0 Å². The predicted octanol–water partition coefficient (Wildman–Crippen LogP) is 15.6. The van der Waals surface area contributed by atoms with Gasteiger partial charge in [0, 0.05) is 73.8 Å². The summed E-state index contributed by atoms with van der Waals surface area (Å²) in [5.41, 5.74) is 19.8. The van der Waals surface area contributed by atoms with Crippen molar-refractivity contribution in [2.75, 3.05) is 4.90 Å². The summed E-state index contributed by atoms with van der Waals surface area (Å²) >= 11 is 0. The number of pyridine rings is 1. The van der Waals surface area contributed by atoms with Crippen LogP contribution in [0.1, 0.15) is 36.4 Å². The van der Waals surface area contributed by atoms with Gasteiger partial charge in [0.1, 0.15) is 0 Å². The molecule has 0 atom stereocenters. The van der Waals surface area contributed by atoms with Crippen LogP contribution in [0.15, 0.2) is 195 Å². The number of fused-ring (bicyclic) bond motifs is 6. The fourth-order valence-corrected chi connectivity index (χ4v) is 9.16. The van der Waals surface area contributed by atoms with Crippen LogP contribution in [0.2, 0.25) is 0 Å². The standard InChI is InChI=1S/C57H44N4/c1-5-20-48-51(8-4)61(44-25-13-10-14-26-44)57-50-29-16-18-31-54(50)59(43-23-11-9-12-24-43)55-36-40(32-33-49(55)56(48)57)42-34-41(37-58-38-42)39-22-19-27-45(35-39)60-52(21-6-2)46(7-3)47-28-15-17-30-53(47)60/h5-38H,3-4H2,1-2H3/b20-5-,21-6-. The number of para-hydroxylation sites is 4. The zero-order valence-electron chi connectivity index (χ0n) is 34.3. The van der Waals surface area contributed by atoms with Gasteiger partial charge in [-0.2, -0.15) is 0 Å². The molecule has 0 radical (unpaired) electrons. The second-order valence-corrected chi connectivity index (χ2v) is 15.2. The predicted molar refractivity (Wildman–Crippen MR) is 260 cm³/mol. The number of rotatable bonds is 9. The largest absolute Gasteiger partial charge is 0.309 e. The molecule has 292 valence electrons. The Morgan fingerprint density at radius 2 is 1.15 bits per heavy atom. The summed E-state index contributed by atoms with van der Waals surface area (Å²) in [6, 6.07) is 56.5. The first-order valence-electron chi connectivity index (χ1n) is 20.8. The molecule has 1 aliphatic heterocycles. The minimum Gasteiger partial charge on any atom is -0.309 e. The zero-order chi connectivity index (χ0) is 41.5. The first-order valence-corrected chi connectivity index (χ1v) is 20.8. The highest BCUT2D eigenvalue weighted by atomic mass is 15.2. The Labute approximate surface area is 357 Å². The molecule has 0 fully saturated rings. The lowest BCUT2D eigenvalue weighted by Crippen LogP contribution is -2.11. The number of allylic oxidation sites excluding steroid dienone is 2. The average molecular weight is 785 g/mol. The van der Waals surface area contributed by atoms with Gasteiger partial charge in [-0.15, -0.1) is 0 Å². The highest BCUT2D eigenvalue weighted by molar-refractivity contribution is 6.07. The van der Waals surface area contributed by atoms with Gasteiger partial charge in [-0.1, -0.05) is 135 Å². The van der Waals surface area contributed by atoms with E-state index in [9.17, 15) is 0 Å². The monoisotopic (exact) mass is 784 g/mol. The van der Waals surface area contributed by atoms with Crippen molar-refractivity contribution in [3.05, 3.63) is 218 Å². The minimum absolute atomic E-state index is 1.04. The van der Waals surface area contributed by atoms with Crippen LogP contribution in [0, 0.1) is 0 Å². The fourth-order valence-electron chi connectivity index (χ4n) is 9.16. The SMILES string of the molecule is C=Cc1c(/C=C\C)n(-c2cccc(-c3cncc(-c4ccc5c(c4)N(c4ccccc4)c4ccccc4-c4c-5c(/C=C\C)c(C=C)n4-c4ccccc4)c3)c2)c2ccccc12. The molecule has 0 unspecified atom stereocenters. The lowest BCUT2D eigenvalue weighted by atomic mass is 9.93. The molecule has 0 amide bonds. The maximum Gasteiger partial charge on any atom is 0.0641 e. The summed E-state index contributed by atoms with van der Waals surface area (Å²) in [5, 5.41) is 1.18. The molecule has 4 heterocycles. The molecular weight excluding hydrogens is 741 g/mol. The van der Waals surface area contributed by atoms with Crippen LogP contribution in [-0.2, 0) is 0 Å². The molecule has 0 aliphatic carbocycles. The van der Waals surface area contributed by atoms with E-state index >= 15 is 0 Å². The van der Waals surface area contributed by atoms with E-state index < -0.39 is 0 Å². The highest BCUT2D eigenvalue weighted by Crippen LogP contribution is 2.55. The molecule has 1 aliphatic rings. The third-order valence-electron chi connectivity index (χ3n) is 11.7.